The van der Waals surface area contributed by atoms with E-state index < -0.39 is 23.9 Å². The Bertz CT molecular complexity index is 794. The average Bonchev–Trinajstić information content (AvgIpc) is 2.85. The number of aromatic nitrogens is 3. The van der Waals surface area contributed by atoms with Gasteiger partial charge in [0, 0.05) is 12.8 Å². The molecule has 0 spiro atoms. The summed E-state index contributed by atoms with van der Waals surface area (Å²) in [5, 5.41) is 4.23. The molecule has 6 nitrogen and oxygen atoms in total. The van der Waals surface area contributed by atoms with Crippen molar-refractivity contribution in [1.29, 1.82) is 0 Å². The van der Waals surface area contributed by atoms with Gasteiger partial charge in [-0.1, -0.05) is 29.8 Å². The minimum atomic E-state index is -1.21. The number of ether oxygens (including phenoxy) is 1. The van der Waals surface area contributed by atoms with E-state index in [-0.39, 0.29) is 26.0 Å². The van der Waals surface area contributed by atoms with Crippen LogP contribution in [-0.2, 0) is 22.5 Å². The van der Waals surface area contributed by atoms with E-state index in [1.54, 1.807) is 6.92 Å². The molecule has 0 radical (unpaired) electrons. The quantitative estimate of drug-likeness (QED) is 0.800. The van der Waals surface area contributed by atoms with Crippen LogP contribution in [0.2, 0.25) is 0 Å². The number of nitrogens with zero attached hydrogens (tertiary/aromatic N) is 3. The van der Waals surface area contributed by atoms with E-state index in [1.165, 1.54) is 9.25 Å². The second-order valence-electron chi connectivity index (χ2n) is 6.02. The lowest BCUT2D eigenvalue weighted by atomic mass is 10.0. The first-order valence-corrected chi connectivity index (χ1v) is 8.04. The Balaban J connectivity index is 1.94. The summed E-state index contributed by atoms with van der Waals surface area (Å²) in [5.41, 5.74) is 1.64. The van der Waals surface area contributed by atoms with Crippen LogP contribution in [0.4, 0.5) is 4.39 Å². The molecule has 0 saturated heterocycles. The molecule has 7 heteroatoms. The van der Waals surface area contributed by atoms with Gasteiger partial charge in [-0.3, -0.25) is 4.57 Å². The highest BCUT2D eigenvalue weighted by molar-refractivity contribution is 5.74. The molecule has 2 unspecified atom stereocenters. The zero-order valence-corrected chi connectivity index (χ0v) is 13.7. The van der Waals surface area contributed by atoms with Crippen LogP contribution in [0.15, 0.2) is 29.1 Å². The molecule has 0 aliphatic carbocycles. The number of hydrogen-bond donors (Lipinski definition) is 0. The molecular weight excluding hydrogens is 313 g/mol. The van der Waals surface area contributed by atoms with Crippen molar-refractivity contribution in [2.75, 3.05) is 6.61 Å². The molecule has 3 rings (SSSR count). The number of alkyl halides is 1. The van der Waals surface area contributed by atoms with E-state index >= 15 is 0 Å². The van der Waals surface area contributed by atoms with Gasteiger partial charge in [0.2, 0.25) is 0 Å². The predicted octanol–water partition coefficient (Wildman–Crippen LogP) is 1.79. The first-order valence-electron chi connectivity index (χ1n) is 8.04. The zero-order chi connectivity index (χ0) is 17.3. The lowest BCUT2D eigenvalue weighted by Gasteiger charge is -2.24. The molecule has 0 saturated carbocycles. The van der Waals surface area contributed by atoms with Crippen molar-refractivity contribution in [2.24, 2.45) is 0 Å². The fourth-order valence-corrected chi connectivity index (χ4v) is 2.96. The molecule has 1 aromatic heterocycles. The molecule has 24 heavy (non-hydrogen) atoms. The van der Waals surface area contributed by atoms with Gasteiger partial charge < -0.3 is 4.74 Å². The van der Waals surface area contributed by atoms with Gasteiger partial charge >= 0.3 is 11.7 Å². The van der Waals surface area contributed by atoms with Crippen LogP contribution in [0.1, 0.15) is 36.3 Å². The van der Waals surface area contributed by atoms with Crippen molar-refractivity contribution in [3.05, 3.63) is 51.7 Å². The standard InChI is InChI=1S/C17H20FN3O3/c1-3-24-16(22)14-8-13(18)9-15-19-20(17(23)21(14)15)10-12-6-4-11(2)5-7-12/h4-7,13-14H,3,8-10H2,1-2H3. The fraction of sp³-hybridized carbons (Fsp3) is 0.471. The van der Waals surface area contributed by atoms with Crippen molar-refractivity contribution in [1.82, 2.24) is 14.3 Å². The van der Waals surface area contributed by atoms with E-state index in [0.29, 0.717) is 5.82 Å². The monoisotopic (exact) mass is 333 g/mol. The van der Waals surface area contributed by atoms with E-state index in [4.69, 9.17) is 4.74 Å². The summed E-state index contributed by atoms with van der Waals surface area (Å²) in [6, 6.07) is 6.80. The smallest absolute Gasteiger partial charge is 0.347 e. The highest BCUT2D eigenvalue weighted by Gasteiger charge is 2.36. The van der Waals surface area contributed by atoms with Crippen LogP contribution < -0.4 is 5.69 Å². The summed E-state index contributed by atoms with van der Waals surface area (Å²) in [5.74, 6) is -0.290. The molecule has 128 valence electrons. The molecule has 0 amide bonds. The molecule has 1 aliphatic heterocycles. The summed E-state index contributed by atoms with van der Waals surface area (Å²) in [6.45, 7) is 4.13. The zero-order valence-electron chi connectivity index (χ0n) is 13.7. The molecule has 1 aliphatic rings. The minimum absolute atomic E-state index is 0.0338. The molecule has 1 aromatic carbocycles. The molecule has 0 N–H and O–H groups in total. The Morgan fingerprint density at radius 3 is 2.75 bits per heavy atom. The fourth-order valence-electron chi connectivity index (χ4n) is 2.96. The van der Waals surface area contributed by atoms with Gasteiger partial charge in [-0.25, -0.2) is 18.7 Å². The Kier molecular flexibility index (Phi) is 4.51. The van der Waals surface area contributed by atoms with Crippen LogP contribution in [0.3, 0.4) is 0 Å². The van der Waals surface area contributed by atoms with Gasteiger partial charge in [0.05, 0.1) is 13.2 Å². The number of carbonyl (C=O) groups is 1. The van der Waals surface area contributed by atoms with E-state index in [9.17, 15) is 14.0 Å². The normalized spacial score (nSPS) is 19.8. The number of fused-ring (bicyclic) bond motifs is 1. The number of esters is 1. The lowest BCUT2D eigenvalue weighted by Crippen LogP contribution is -2.38. The lowest BCUT2D eigenvalue weighted by molar-refractivity contribution is -0.148. The molecule has 2 heterocycles. The Labute approximate surface area is 138 Å². The highest BCUT2D eigenvalue weighted by atomic mass is 19.1. The largest absolute Gasteiger partial charge is 0.464 e. The number of halogens is 1. The second-order valence-corrected chi connectivity index (χ2v) is 6.02. The highest BCUT2D eigenvalue weighted by Crippen LogP contribution is 2.25. The van der Waals surface area contributed by atoms with Crippen LogP contribution in [0.5, 0.6) is 0 Å². The second kappa shape index (κ2) is 6.59. The van der Waals surface area contributed by atoms with Gasteiger partial charge in [-0.05, 0) is 19.4 Å². The third kappa shape index (κ3) is 3.11. The number of hydrogen-bond acceptors (Lipinski definition) is 4. The Morgan fingerprint density at radius 1 is 1.38 bits per heavy atom. The topological polar surface area (TPSA) is 66.1 Å². The van der Waals surface area contributed by atoms with Crippen molar-refractivity contribution in [2.45, 2.75) is 45.4 Å². The predicted molar refractivity (Wildman–Crippen MR) is 85.7 cm³/mol. The summed E-state index contributed by atoms with van der Waals surface area (Å²) in [6.07, 6.45) is -1.23. The van der Waals surface area contributed by atoms with Crippen molar-refractivity contribution < 1.29 is 13.9 Å². The van der Waals surface area contributed by atoms with Gasteiger partial charge in [0.1, 0.15) is 18.0 Å². The van der Waals surface area contributed by atoms with Gasteiger partial charge in [0.15, 0.2) is 0 Å². The summed E-state index contributed by atoms with van der Waals surface area (Å²) >= 11 is 0. The maximum atomic E-state index is 14.0. The van der Waals surface area contributed by atoms with E-state index in [1.807, 2.05) is 31.2 Å². The maximum Gasteiger partial charge on any atom is 0.347 e. The van der Waals surface area contributed by atoms with Crippen LogP contribution in [0.25, 0.3) is 0 Å². The summed E-state index contributed by atoms with van der Waals surface area (Å²) < 4.78 is 21.5. The first kappa shape index (κ1) is 16.4. The number of rotatable bonds is 4. The van der Waals surface area contributed by atoms with Crippen molar-refractivity contribution >= 4 is 5.97 Å². The molecular formula is C17H20FN3O3. The molecule has 2 atom stereocenters. The van der Waals surface area contributed by atoms with Crippen LogP contribution in [0, 0.1) is 6.92 Å². The Morgan fingerprint density at radius 2 is 2.08 bits per heavy atom. The van der Waals surface area contributed by atoms with Crippen LogP contribution >= 0.6 is 0 Å². The third-order valence-corrected chi connectivity index (χ3v) is 4.15. The van der Waals surface area contributed by atoms with Crippen molar-refractivity contribution in [3.8, 4) is 0 Å². The van der Waals surface area contributed by atoms with Crippen LogP contribution in [-0.4, -0.2) is 33.1 Å². The maximum absolute atomic E-state index is 14.0. The number of carbonyl (C=O) groups excluding carboxylic acids is 1. The SMILES string of the molecule is CCOC(=O)C1CC(F)Cc2nn(Cc3ccc(C)cc3)c(=O)n21. The first-order chi connectivity index (χ1) is 11.5. The third-order valence-electron chi connectivity index (χ3n) is 4.15. The van der Waals surface area contributed by atoms with E-state index in [0.717, 1.165) is 11.1 Å². The molecule has 2 aromatic rings. The average molecular weight is 333 g/mol. The van der Waals surface area contributed by atoms with Gasteiger partial charge in [-0.2, -0.15) is 5.10 Å². The van der Waals surface area contributed by atoms with Gasteiger partial charge in [0.25, 0.3) is 0 Å². The molecule has 0 bridgehead atoms. The van der Waals surface area contributed by atoms with E-state index in [2.05, 4.69) is 5.10 Å². The molecule has 0 fully saturated rings. The summed E-state index contributed by atoms with van der Waals surface area (Å²) in [7, 11) is 0. The summed E-state index contributed by atoms with van der Waals surface area (Å²) in [4.78, 5) is 24.7. The Hall–Kier alpha value is -2.44. The number of benzene rings is 1. The van der Waals surface area contributed by atoms with Gasteiger partial charge in [-0.15, -0.1) is 0 Å². The number of aryl methyl sites for hydroxylation is 1. The van der Waals surface area contributed by atoms with Crippen molar-refractivity contribution in [3.63, 3.8) is 0 Å². The minimum Gasteiger partial charge on any atom is -0.464 e.